The number of nitrogens with zero attached hydrogens (tertiary/aromatic N) is 2. The monoisotopic (exact) mass is 368 g/mol. The Labute approximate surface area is 156 Å². The van der Waals surface area contributed by atoms with Crippen LogP contribution in [-0.2, 0) is 4.74 Å². The van der Waals surface area contributed by atoms with Crippen LogP contribution in [0.1, 0.15) is 22.8 Å². The second-order valence-corrected chi connectivity index (χ2v) is 5.44. The maximum atomic E-state index is 12.1. The maximum absolute atomic E-state index is 12.1. The van der Waals surface area contributed by atoms with Gasteiger partial charge in [-0.15, -0.1) is 5.10 Å². The van der Waals surface area contributed by atoms with E-state index in [0.29, 0.717) is 22.6 Å². The molecule has 0 aromatic heterocycles. The highest BCUT2D eigenvalue weighted by Gasteiger charge is 2.07. The number of nitrogens with two attached hydrogens (primary N) is 2. The van der Waals surface area contributed by atoms with Crippen molar-refractivity contribution in [3.63, 3.8) is 0 Å². The third-order valence-electron chi connectivity index (χ3n) is 3.44. The van der Waals surface area contributed by atoms with E-state index in [1.807, 2.05) is 0 Å². The van der Waals surface area contributed by atoms with Gasteiger partial charge in [-0.2, -0.15) is 5.10 Å². The van der Waals surface area contributed by atoms with E-state index in [4.69, 9.17) is 11.5 Å². The van der Waals surface area contributed by atoms with Gasteiger partial charge in [0.15, 0.2) is 0 Å². The van der Waals surface area contributed by atoms with Gasteiger partial charge in [0.05, 0.1) is 18.4 Å². The van der Waals surface area contributed by atoms with E-state index in [0.717, 1.165) is 5.56 Å². The van der Waals surface area contributed by atoms with Crippen LogP contribution in [0.4, 0.5) is 16.2 Å². The number of carbonyl (C=O) groups is 2. The smallest absolute Gasteiger partial charge is 0.337 e. The molecule has 0 bridgehead atoms. The van der Waals surface area contributed by atoms with E-state index >= 15 is 0 Å². The molecule has 9 heteroatoms. The summed E-state index contributed by atoms with van der Waals surface area (Å²) in [5.74, 6) is -0.561. The Bertz CT molecular complexity index is 869. The van der Waals surface area contributed by atoms with Crippen LogP contribution in [0.15, 0.2) is 58.7 Å². The summed E-state index contributed by atoms with van der Waals surface area (Å²) in [6, 6.07) is 12.9. The van der Waals surface area contributed by atoms with Crippen LogP contribution in [0, 0.1) is 0 Å². The lowest BCUT2D eigenvalue weighted by Gasteiger charge is -2.09. The summed E-state index contributed by atoms with van der Waals surface area (Å²) in [4.78, 5) is 23.5. The summed E-state index contributed by atoms with van der Waals surface area (Å²) in [5.41, 5.74) is 13.4. The van der Waals surface area contributed by atoms with Crippen LogP contribution in [-0.4, -0.2) is 30.8 Å². The number of hydrogen-bond donors (Lipinski definition) is 4. The van der Waals surface area contributed by atoms with Crippen molar-refractivity contribution in [3.8, 4) is 0 Å². The van der Waals surface area contributed by atoms with Crippen molar-refractivity contribution in [1.82, 2.24) is 0 Å². The van der Waals surface area contributed by atoms with Crippen molar-refractivity contribution < 1.29 is 14.3 Å². The van der Waals surface area contributed by atoms with Gasteiger partial charge in [-0.05, 0) is 48.9 Å². The Morgan fingerprint density at radius 3 is 1.78 bits per heavy atom. The van der Waals surface area contributed by atoms with Gasteiger partial charge in [-0.3, -0.25) is 0 Å². The van der Waals surface area contributed by atoms with Crippen molar-refractivity contribution in [2.24, 2.45) is 21.7 Å². The second-order valence-electron chi connectivity index (χ2n) is 5.44. The number of urea groups is 1. The third kappa shape index (κ3) is 5.85. The Kier molecular flexibility index (Phi) is 6.48. The number of carbonyl (C=O) groups excluding carboxylic acids is 2. The Hall–Kier alpha value is -3.88. The summed E-state index contributed by atoms with van der Waals surface area (Å²) < 4.78 is 4.62. The number of hydrogen-bond acceptors (Lipinski definition) is 5. The van der Waals surface area contributed by atoms with Gasteiger partial charge < -0.3 is 26.8 Å². The highest BCUT2D eigenvalue weighted by molar-refractivity contribution is 6.02. The zero-order valence-electron chi connectivity index (χ0n) is 14.9. The Morgan fingerprint density at radius 2 is 1.33 bits per heavy atom. The first-order valence-corrected chi connectivity index (χ1v) is 7.89. The fraction of sp³-hybridized carbons (Fsp3) is 0.111. The Balaban J connectivity index is 1.97. The molecule has 0 heterocycles. The molecule has 27 heavy (non-hydrogen) atoms. The van der Waals surface area contributed by atoms with Gasteiger partial charge in [-0.25, -0.2) is 9.59 Å². The number of amides is 2. The summed E-state index contributed by atoms with van der Waals surface area (Å²) in [6.07, 6.45) is 0. The van der Waals surface area contributed by atoms with Crippen LogP contribution in [0.25, 0.3) is 0 Å². The Morgan fingerprint density at radius 1 is 0.852 bits per heavy atom. The number of guanidine groups is 1. The number of ether oxygens (including phenoxy) is 1. The number of methoxy groups -OCH3 is 1. The van der Waals surface area contributed by atoms with Gasteiger partial charge in [0, 0.05) is 11.4 Å². The van der Waals surface area contributed by atoms with E-state index in [2.05, 4.69) is 25.6 Å². The van der Waals surface area contributed by atoms with Crippen molar-refractivity contribution >= 4 is 35.0 Å². The first-order valence-electron chi connectivity index (χ1n) is 7.89. The molecule has 9 nitrogen and oxygen atoms in total. The van der Waals surface area contributed by atoms with E-state index in [-0.39, 0.29) is 5.96 Å². The standard InChI is InChI=1S/C18H20N6O3/c1-11(23-24-17(19)20)12-3-7-14(8-4-12)21-18(26)22-15-9-5-13(6-10-15)16(25)27-2/h3-10H,1-2H3,(H4,19,20,24)(H2,21,22,26)/b23-11-. The average molecular weight is 368 g/mol. The normalized spacial score (nSPS) is 10.7. The first kappa shape index (κ1) is 19.4. The van der Waals surface area contributed by atoms with Crippen molar-refractivity contribution in [1.29, 1.82) is 0 Å². The lowest BCUT2D eigenvalue weighted by molar-refractivity contribution is 0.0600. The van der Waals surface area contributed by atoms with Crippen molar-refractivity contribution in [2.45, 2.75) is 6.92 Å². The zero-order valence-corrected chi connectivity index (χ0v) is 14.9. The lowest BCUT2D eigenvalue weighted by atomic mass is 10.1. The highest BCUT2D eigenvalue weighted by atomic mass is 16.5. The number of benzene rings is 2. The molecule has 140 valence electrons. The molecule has 6 N–H and O–H groups in total. The minimum Gasteiger partial charge on any atom is -0.465 e. The lowest BCUT2D eigenvalue weighted by Crippen LogP contribution is -2.22. The van der Waals surface area contributed by atoms with Gasteiger partial charge in [0.25, 0.3) is 0 Å². The van der Waals surface area contributed by atoms with Gasteiger partial charge >= 0.3 is 12.0 Å². The number of esters is 1. The largest absolute Gasteiger partial charge is 0.465 e. The molecule has 0 saturated carbocycles. The topological polar surface area (TPSA) is 144 Å². The minimum absolute atomic E-state index is 0.121. The van der Waals surface area contributed by atoms with Crippen LogP contribution in [0.2, 0.25) is 0 Å². The first-order chi connectivity index (χ1) is 12.9. The van der Waals surface area contributed by atoms with Crippen LogP contribution in [0.5, 0.6) is 0 Å². The number of rotatable bonds is 5. The fourth-order valence-electron chi connectivity index (χ4n) is 2.09. The molecule has 0 atom stereocenters. The molecule has 2 amide bonds. The molecule has 0 spiro atoms. The molecular weight excluding hydrogens is 348 g/mol. The zero-order chi connectivity index (χ0) is 19.8. The van der Waals surface area contributed by atoms with E-state index in [9.17, 15) is 9.59 Å². The highest BCUT2D eigenvalue weighted by Crippen LogP contribution is 2.13. The molecule has 0 fully saturated rings. The summed E-state index contributed by atoms with van der Waals surface area (Å²) in [6.45, 7) is 1.76. The summed E-state index contributed by atoms with van der Waals surface area (Å²) >= 11 is 0. The summed E-state index contributed by atoms with van der Waals surface area (Å²) in [5, 5.41) is 12.9. The van der Waals surface area contributed by atoms with Crippen LogP contribution < -0.4 is 22.1 Å². The van der Waals surface area contributed by atoms with Crippen LogP contribution in [0.3, 0.4) is 0 Å². The molecule has 0 radical (unpaired) electrons. The van der Waals surface area contributed by atoms with E-state index in [1.54, 1.807) is 55.5 Å². The molecule has 0 saturated heterocycles. The molecule has 0 aliphatic rings. The molecule has 0 unspecified atom stereocenters. The number of nitrogens with one attached hydrogen (secondary N) is 2. The van der Waals surface area contributed by atoms with Gasteiger partial charge in [0.2, 0.25) is 5.96 Å². The molecule has 0 aliphatic heterocycles. The van der Waals surface area contributed by atoms with Crippen molar-refractivity contribution in [3.05, 3.63) is 59.7 Å². The molecule has 0 aliphatic carbocycles. The van der Waals surface area contributed by atoms with Gasteiger partial charge in [0.1, 0.15) is 0 Å². The molecule has 2 aromatic rings. The fourth-order valence-corrected chi connectivity index (χ4v) is 2.09. The third-order valence-corrected chi connectivity index (χ3v) is 3.44. The quantitative estimate of drug-likeness (QED) is 0.276. The van der Waals surface area contributed by atoms with E-state index < -0.39 is 12.0 Å². The SMILES string of the molecule is COC(=O)c1ccc(NC(=O)Nc2ccc(/C(C)=N\N=C(N)N)cc2)cc1. The molecule has 2 rings (SSSR count). The van der Waals surface area contributed by atoms with Crippen molar-refractivity contribution in [2.75, 3.05) is 17.7 Å². The number of anilines is 2. The average Bonchev–Trinajstić information content (AvgIpc) is 2.66. The maximum Gasteiger partial charge on any atom is 0.337 e. The molecule has 2 aromatic carbocycles. The predicted molar refractivity (Wildman–Crippen MR) is 105 cm³/mol. The van der Waals surface area contributed by atoms with Crippen LogP contribution >= 0.6 is 0 Å². The minimum atomic E-state index is -0.440. The van der Waals surface area contributed by atoms with Gasteiger partial charge in [-0.1, -0.05) is 12.1 Å². The van der Waals surface area contributed by atoms with E-state index in [1.165, 1.54) is 7.11 Å². The second kappa shape index (κ2) is 8.99. The summed E-state index contributed by atoms with van der Waals surface area (Å²) in [7, 11) is 1.31. The molecular formula is C18H20N6O3. The predicted octanol–water partition coefficient (Wildman–Crippen LogP) is 2.11.